The Hall–Kier alpha value is -2.93. The van der Waals surface area contributed by atoms with Gasteiger partial charge in [0.15, 0.2) is 0 Å². The molecule has 0 radical (unpaired) electrons. The van der Waals surface area contributed by atoms with E-state index in [2.05, 4.69) is 104 Å². The molecule has 0 atom stereocenters. The minimum Gasteiger partial charge on any atom is -0.234 e. The van der Waals surface area contributed by atoms with Crippen LogP contribution in [0.4, 0.5) is 0 Å². The summed E-state index contributed by atoms with van der Waals surface area (Å²) >= 11 is 0. The van der Waals surface area contributed by atoms with Crippen molar-refractivity contribution >= 4 is 27.3 Å². The Balaban J connectivity index is 1.90. The van der Waals surface area contributed by atoms with E-state index < -0.39 is 0 Å². The second kappa shape index (κ2) is 5.93. The third-order valence-corrected chi connectivity index (χ3v) is 4.49. The molecule has 1 nitrogen and oxygen atoms in total. The molecule has 0 aliphatic rings. The Morgan fingerprint density at radius 3 is 1.38 bits per heavy atom. The van der Waals surface area contributed by atoms with E-state index in [1.54, 1.807) is 0 Å². The third kappa shape index (κ3) is 2.59. The molecule has 4 aromatic carbocycles. The van der Waals surface area contributed by atoms with E-state index in [0.717, 1.165) is 0 Å². The van der Waals surface area contributed by atoms with Crippen LogP contribution in [0.3, 0.4) is 0 Å². The Bertz CT molecular complexity index is 988. The fourth-order valence-corrected chi connectivity index (χ4v) is 3.36. The van der Waals surface area contributed by atoms with Gasteiger partial charge in [-0.3, -0.25) is 0 Å². The van der Waals surface area contributed by atoms with Crippen molar-refractivity contribution in [3.8, 4) is 0 Å². The van der Waals surface area contributed by atoms with Crippen LogP contribution in [-0.4, -0.2) is 24.4 Å². The summed E-state index contributed by atoms with van der Waals surface area (Å²) in [6, 6.07) is 30.4. The number of benzene rings is 4. The monoisotopic (exact) mass is 310 g/mol. The molecular formula is C23H20N+. The number of hydrogen-bond donors (Lipinski definition) is 0. The lowest BCUT2D eigenvalue weighted by Gasteiger charge is -2.08. The normalized spacial score (nSPS) is 10.9. The fraction of sp³-hybridized carbons (Fsp3) is 0.0870. The standard InChI is InChI=1S/C23H20N/c1-24(2)23(21-13-11-17-7-3-5-9-19(17)15-21)22-14-12-18-8-4-6-10-20(18)16-22/h3-16H,1-2H3/q+1. The molecule has 116 valence electrons. The van der Waals surface area contributed by atoms with Crippen molar-refractivity contribution in [1.29, 1.82) is 0 Å². The van der Waals surface area contributed by atoms with Crippen LogP contribution in [0.25, 0.3) is 21.5 Å². The zero-order valence-corrected chi connectivity index (χ0v) is 14.0. The second-order valence-electron chi connectivity index (χ2n) is 6.37. The van der Waals surface area contributed by atoms with Gasteiger partial charge in [-0.25, -0.2) is 4.58 Å². The Labute approximate surface area is 142 Å². The summed E-state index contributed by atoms with van der Waals surface area (Å²) in [5.74, 6) is 0. The van der Waals surface area contributed by atoms with Crippen molar-refractivity contribution in [2.24, 2.45) is 0 Å². The van der Waals surface area contributed by atoms with Gasteiger partial charge in [-0.05, 0) is 45.8 Å². The molecule has 0 saturated heterocycles. The zero-order chi connectivity index (χ0) is 16.5. The predicted molar refractivity (Wildman–Crippen MR) is 103 cm³/mol. The molecule has 0 aliphatic carbocycles. The summed E-state index contributed by atoms with van der Waals surface area (Å²) < 4.78 is 2.20. The van der Waals surface area contributed by atoms with Crippen LogP contribution >= 0.6 is 0 Å². The van der Waals surface area contributed by atoms with Gasteiger partial charge in [0.2, 0.25) is 5.71 Å². The minimum absolute atomic E-state index is 1.24. The lowest BCUT2D eigenvalue weighted by atomic mass is 9.97. The van der Waals surface area contributed by atoms with Crippen LogP contribution in [0.2, 0.25) is 0 Å². The number of nitrogens with zero attached hydrogens (tertiary/aromatic N) is 1. The van der Waals surface area contributed by atoms with E-state index in [-0.39, 0.29) is 0 Å². The minimum atomic E-state index is 1.24. The van der Waals surface area contributed by atoms with Gasteiger partial charge in [-0.1, -0.05) is 60.7 Å². The fourth-order valence-electron chi connectivity index (χ4n) is 3.36. The van der Waals surface area contributed by atoms with Crippen LogP contribution in [0.1, 0.15) is 11.1 Å². The summed E-state index contributed by atoms with van der Waals surface area (Å²) in [5.41, 5.74) is 3.73. The molecule has 0 heterocycles. The second-order valence-corrected chi connectivity index (χ2v) is 6.37. The summed E-state index contributed by atoms with van der Waals surface area (Å²) in [4.78, 5) is 0. The highest BCUT2D eigenvalue weighted by molar-refractivity contribution is 6.12. The first-order valence-electron chi connectivity index (χ1n) is 8.25. The topological polar surface area (TPSA) is 3.01 Å². The molecule has 24 heavy (non-hydrogen) atoms. The van der Waals surface area contributed by atoms with Gasteiger partial charge >= 0.3 is 0 Å². The first kappa shape index (κ1) is 14.6. The third-order valence-electron chi connectivity index (χ3n) is 4.49. The van der Waals surface area contributed by atoms with Gasteiger partial charge < -0.3 is 0 Å². The highest BCUT2D eigenvalue weighted by atomic mass is 14.9. The molecule has 4 aromatic rings. The van der Waals surface area contributed by atoms with Crippen molar-refractivity contribution < 1.29 is 4.58 Å². The molecule has 0 unspecified atom stereocenters. The van der Waals surface area contributed by atoms with Gasteiger partial charge in [-0.2, -0.15) is 0 Å². The SMILES string of the molecule is C[N+](C)=C(c1ccc2ccccc2c1)c1ccc2ccccc2c1. The van der Waals surface area contributed by atoms with Crippen molar-refractivity contribution in [3.05, 3.63) is 96.1 Å². The van der Waals surface area contributed by atoms with E-state index >= 15 is 0 Å². The summed E-state index contributed by atoms with van der Waals surface area (Å²) in [6.07, 6.45) is 0. The lowest BCUT2D eigenvalue weighted by molar-refractivity contribution is -0.463. The first-order valence-corrected chi connectivity index (χ1v) is 8.25. The largest absolute Gasteiger partial charge is 0.234 e. The Morgan fingerprint density at radius 1 is 0.542 bits per heavy atom. The van der Waals surface area contributed by atoms with E-state index in [1.165, 1.54) is 38.4 Å². The maximum Gasteiger partial charge on any atom is 0.214 e. The zero-order valence-electron chi connectivity index (χ0n) is 14.0. The molecule has 0 amide bonds. The molecule has 0 aliphatic heterocycles. The number of fused-ring (bicyclic) bond motifs is 2. The molecule has 0 aromatic heterocycles. The van der Waals surface area contributed by atoms with Crippen molar-refractivity contribution in [3.63, 3.8) is 0 Å². The Kier molecular flexibility index (Phi) is 3.62. The lowest BCUT2D eigenvalue weighted by Crippen LogP contribution is -2.16. The van der Waals surface area contributed by atoms with Crippen LogP contribution in [0.15, 0.2) is 84.9 Å². The highest BCUT2D eigenvalue weighted by Gasteiger charge is 2.15. The maximum absolute atomic E-state index is 2.28. The van der Waals surface area contributed by atoms with Crippen LogP contribution in [0.5, 0.6) is 0 Å². The van der Waals surface area contributed by atoms with Crippen LogP contribution < -0.4 is 0 Å². The first-order chi connectivity index (χ1) is 11.7. The average Bonchev–Trinajstić information content (AvgIpc) is 2.61. The summed E-state index contributed by atoms with van der Waals surface area (Å²) in [5, 5.41) is 5.10. The highest BCUT2D eigenvalue weighted by Crippen LogP contribution is 2.21. The van der Waals surface area contributed by atoms with E-state index in [4.69, 9.17) is 0 Å². The van der Waals surface area contributed by atoms with Crippen LogP contribution in [-0.2, 0) is 0 Å². The van der Waals surface area contributed by atoms with Crippen molar-refractivity contribution in [1.82, 2.24) is 0 Å². The van der Waals surface area contributed by atoms with Gasteiger partial charge in [-0.15, -0.1) is 0 Å². The molecular weight excluding hydrogens is 290 g/mol. The van der Waals surface area contributed by atoms with Gasteiger partial charge in [0.05, 0.1) is 0 Å². The molecule has 0 saturated carbocycles. The van der Waals surface area contributed by atoms with E-state index in [1.807, 2.05) is 0 Å². The van der Waals surface area contributed by atoms with Gasteiger partial charge in [0.1, 0.15) is 14.1 Å². The quantitative estimate of drug-likeness (QED) is 0.358. The summed E-state index contributed by atoms with van der Waals surface area (Å²) in [7, 11) is 4.22. The van der Waals surface area contributed by atoms with Crippen molar-refractivity contribution in [2.75, 3.05) is 14.1 Å². The molecule has 4 rings (SSSR count). The average molecular weight is 310 g/mol. The maximum atomic E-state index is 2.28. The molecule has 0 bridgehead atoms. The Morgan fingerprint density at radius 2 is 0.958 bits per heavy atom. The molecule has 0 fully saturated rings. The van der Waals surface area contributed by atoms with Gasteiger partial charge in [0.25, 0.3) is 0 Å². The van der Waals surface area contributed by atoms with Crippen LogP contribution in [0, 0.1) is 0 Å². The molecule has 0 spiro atoms. The predicted octanol–water partition coefficient (Wildman–Crippen LogP) is 5.10. The number of rotatable bonds is 2. The molecule has 0 N–H and O–H groups in total. The van der Waals surface area contributed by atoms with Crippen molar-refractivity contribution in [2.45, 2.75) is 0 Å². The number of hydrogen-bond acceptors (Lipinski definition) is 0. The molecule has 1 heteroatoms. The smallest absolute Gasteiger partial charge is 0.214 e. The summed E-state index contributed by atoms with van der Waals surface area (Å²) in [6.45, 7) is 0. The van der Waals surface area contributed by atoms with E-state index in [0.29, 0.717) is 0 Å². The van der Waals surface area contributed by atoms with E-state index in [9.17, 15) is 0 Å². The van der Waals surface area contributed by atoms with Gasteiger partial charge in [0, 0.05) is 11.1 Å².